The van der Waals surface area contributed by atoms with Crippen molar-refractivity contribution in [2.24, 2.45) is 0 Å². The van der Waals surface area contributed by atoms with Gasteiger partial charge in [-0.05, 0) is 57.3 Å². The summed E-state index contributed by atoms with van der Waals surface area (Å²) in [4.78, 5) is 39.8. The Balaban J connectivity index is 1.99. The van der Waals surface area contributed by atoms with Crippen LogP contribution in [0.5, 0.6) is 5.75 Å². The molecule has 1 aliphatic rings. The Morgan fingerprint density at radius 1 is 1.26 bits per heavy atom. The molecule has 2 amide bonds. The molecule has 0 saturated carbocycles. The Labute approximate surface area is 162 Å². The molecule has 0 spiro atoms. The van der Waals surface area contributed by atoms with Crippen LogP contribution in [0.1, 0.15) is 42.9 Å². The number of ether oxygens (including phenoxy) is 1. The van der Waals surface area contributed by atoms with E-state index < -0.39 is 5.60 Å². The van der Waals surface area contributed by atoms with Crippen LogP contribution >= 0.6 is 11.3 Å². The van der Waals surface area contributed by atoms with Gasteiger partial charge in [0, 0.05) is 11.6 Å². The van der Waals surface area contributed by atoms with Crippen LogP contribution < -0.4 is 15.0 Å². The zero-order valence-electron chi connectivity index (χ0n) is 15.7. The Hall–Kier alpha value is -2.67. The Morgan fingerprint density at radius 2 is 2.00 bits per heavy atom. The molecule has 1 N–H and O–H groups in total. The summed E-state index contributed by atoms with van der Waals surface area (Å²) < 4.78 is 5.82. The lowest BCUT2D eigenvalue weighted by molar-refractivity contribution is -0.134. The van der Waals surface area contributed by atoms with Crippen LogP contribution in [0, 0.1) is 0 Å². The topological polar surface area (TPSA) is 75.7 Å². The van der Waals surface area contributed by atoms with Crippen molar-refractivity contribution in [1.29, 1.82) is 0 Å². The normalized spacial score (nSPS) is 15.3. The molecule has 0 bridgehead atoms. The molecule has 0 radical (unpaired) electrons. The summed E-state index contributed by atoms with van der Waals surface area (Å²) in [6.07, 6.45) is 0. The summed E-state index contributed by atoms with van der Waals surface area (Å²) in [6.45, 7) is 6.91. The van der Waals surface area contributed by atoms with E-state index in [-0.39, 0.29) is 30.2 Å². The first kappa shape index (κ1) is 19.1. The summed E-state index contributed by atoms with van der Waals surface area (Å²) in [7, 11) is 0. The first-order valence-electron chi connectivity index (χ1n) is 8.71. The summed E-state index contributed by atoms with van der Waals surface area (Å²) in [5, 5.41) is 4.63. The average Bonchev–Trinajstić information content (AvgIpc) is 3.11. The number of amides is 2. The molecule has 2 aromatic rings. The molecule has 3 rings (SSSR count). The fourth-order valence-corrected chi connectivity index (χ4v) is 3.61. The summed E-state index contributed by atoms with van der Waals surface area (Å²) in [6, 6.07) is 8.51. The van der Waals surface area contributed by atoms with Crippen molar-refractivity contribution in [3.05, 3.63) is 46.2 Å². The second-order valence-corrected chi connectivity index (χ2v) is 8.16. The van der Waals surface area contributed by atoms with Gasteiger partial charge >= 0.3 is 0 Å². The van der Waals surface area contributed by atoms with E-state index in [1.165, 1.54) is 16.2 Å². The van der Waals surface area contributed by atoms with Crippen molar-refractivity contribution in [1.82, 2.24) is 5.32 Å². The zero-order chi connectivity index (χ0) is 19.8. The van der Waals surface area contributed by atoms with Gasteiger partial charge in [-0.3, -0.25) is 19.3 Å². The maximum atomic E-state index is 12.9. The van der Waals surface area contributed by atoms with Crippen LogP contribution in [0.2, 0.25) is 0 Å². The number of thiophene rings is 1. The fraction of sp³-hybridized carbons (Fsp3) is 0.350. The second kappa shape index (κ2) is 7.15. The smallest absolute Gasteiger partial charge is 0.271 e. The van der Waals surface area contributed by atoms with Gasteiger partial charge in [0.2, 0.25) is 11.7 Å². The van der Waals surface area contributed by atoms with Gasteiger partial charge in [0.05, 0.1) is 10.6 Å². The van der Waals surface area contributed by atoms with Gasteiger partial charge in [-0.1, -0.05) is 6.07 Å². The third-order valence-corrected chi connectivity index (χ3v) is 5.00. The Morgan fingerprint density at radius 3 is 2.63 bits per heavy atom. The number of hydrogen-bond donors (Lipinski definition) is 1. The SMILES string of the molecule is CC(C)NC(=O)CN1C(=O)C(C)(C)Oc2ccc(C(=O)c3cccs3)cc21. The zero-order valence-corrected chi connectivity index (χ0v) is 16.6. The predicted octanol–water partition coefficient (Wildman–Crippen LogP) is 3.01. The number of hydrogen-bond acceptors (Lipinski definition) is 5. The van der Waals surface area contributed by atoms with E-state index in [0.717, 1.165) is 0 Å². The number of rotatable bonds is 5. The number of benzene rings is 1. The maximum Gasteiger partial charge on any atom is 0.271 e. The molecule has 1 aromatic carbocycles. The van der Waals surface area contributed by atoms with Crippen LogP contribution in [0.3, 0.4) is 0 Å². The lowest BCUT2D eigenvalue weighted by atomic mass is 10.0. The monoisotopic (exact) mass is 386 g/mol. The van der Waals surface area contributed by atoms with Crippen LogP contribution in [-0.4, -0.2) is 35.8 Å². The lowest BCUT2D eigenvalue weighted by Crippen LogP contribution is -2.55. The molecule has 0 fully saturated rings. The van der Waals surface area contributed by atoms with Crippen molar-refractivity contribution in [3.63, 3.8) is 0 Å². The number of anilines is 1. The van der Waals surface area contributed by atoms with Crippen LogP contribution in [0.25, 0.3) is 0 Å². The van der Waals surface area contributed by atoms with Crippen molar-refractivity contribution >= 4 is 34.6 Å². The quantitative estimate of drug-likeness (QED) is 0.802. The van der Waals surface area contributed by atoms with E-state index in [9.17, 15) is 14.4 Å². The Kier molecular flexibility index (Phi) is 5.06. The largest absolute Gasteiger partial charge is 0.476 e. The summed E-state index contributed by atoms with van der Waals surface area (Å²) in [5.41, 5.74) is -0.216. The van der Waals surface area contributed by atoms with Crippen molar-refractivity contribution in [2.75, 3.05) is 11.4 Å². The van der Waals surface area contributed by atoms with Gasteiger partial charge in [0.25, 0.3) is 5.91 Å². The number of carbonyl (C=O) groups is 3. The van der Waals surface area contributed by atoms with Crippen LogP contribution in [-0.2, 0) is 9.59 Å². The molecule has 0 aliphatic carbocycles. The molecule has 1 aliphatic heterocycles. The highest BCUT2D eigenvalue weighted by molar-refractivity contribution is 7.12. The third-order valence-electron chi connectivity index (χ3n) is 4.13. The number of fused-ring (bicyclic) bond motifs is 1. The molecule has 1 aromatic heterocycles. The summed E-state index contributed by atoms with van der Waals surface area (Å²) >= 11 is 1.36. The highest BCUT2D eigenvalue weighted by Gasteiger charge is 2.41. The summed E-state index contributed by atoms with van der Waals surface area (Å²) in [5.74, 6) is -0.247. The second-order valence-electron chi connectivity index (χ2n) is 7.21. The van der Waals surface area contributed by atoms with E-state index in [0.29, 0.717) is 21.9 Å². The molecule has 0 atom stereocenters. The van der Waals surface area contributed by atoms with Gasteiger partial charge in [-0.15, -0.1) is 11.3 Å². The molecule has 142 valence electrons. The molecule has 27 heavy (non-hydrogen) atoms. The Bertz CT molecular complexity index is 887. The van der Waals surface area contributed by atoms with Gasteiger partial charge in [0.1, 0.15) is 12.3 Å². The molecular formula is C20H22N2O4S. The number of nitrogens with zero attached hydrogens (tertiary/aromatic N) is 1. The lowest BCUT2D eigenvalue weighted by Gasteiger charge is -2.38. The van der Waals surface area contributed by atoms with Gasteiger partial charge in [0.15, 0.2) is 5.60 Å². The first-order chi connectivity index (χ1) is 12.7. The molecule has 6 nitrogen and oxygen atoms in total. The first-order valence-corrected chi connectivity index (χ1v) is 9.59. The highest BCUT2D eigenvalue weighted by atomic mass is 32.1. The molecule has 0 saturated heterocycles. The maximum absolute atomic E-state index is 12.9. The van der Waals surface area contributed by atoms with E-state index in [2.05, 4.69) is 5.32 Å². The van der Waals surface area contributed by atoms with Crippen molar-refractivity contribution in [2.45, 2.75) is 39.3 Å². The fourth-order valence-electron chi connectivity index (χ4n) is 2.93. The number of ketones is 1. The third kappa shape index (κ3) is 3.88. The minimum absolute atomic E-state index is 0.0344. The minimum Gasteiger partial charge on any atom is -0.476 e. The van der Waals surface area contributed by atoms with Gasteiger partial charge in [-0.25, -0.2) is 0 Å². The van der Waals surface area contributed by atoms with Crippen LogP contribution in [0.4, 0.5) is 5.69 Å². The number of carbonyl (C=O) groups excluding carboxylic acids is 3. The minimum atomic E-state index is -1.09. The van der Waals surface area contributed by atoms with Crippen molar-refractivity contribution < 1.29 is 19.1 Å². The van der Waals surface area contributed by atoms with Crippen LogP contribution in [0.15, 0.2) is 35.7 Å². The molecular weight excluding hydrogens is 364 g/mol. The highest BCUT2D eigenvalue weighted by Crippen LogP contribution is 2.38. The average molecular weight is 386 g/mol. The van der Waals surface area contributed by atoms with E-state index in [4.69, 9.17) is 4.74 Å². The standard InChI is InChI=1S/C20H22N2O4S/c1-12(2)21-17(23)11-22-14-10-13(18(24)16-6-5-9-27-16)7-8-15(14)26-20(3,4)19(22)25/h5-10,12H,11H2,1-4H3,(H,21,23). The number of nitrogens with one attached hydrogen (secondary N) is 1. The van der Waals surface area contributed by atoms with E-state index in [1.54, 1.807) is 38.1 Å². The predicted molar refractivity (Wildman–Crippen MR) is 105 cm³/mol. The van der Waals surface area contributed by atoms with Gasteiger partial charge < -0.3 is 10.1 Å². The molecule has 0 unspecified atom stereocenters. The van der Waals surface area contributed by atoms with E-state index in [1.807, 2.05) is 25.3 Å². The van der Waals surface area contributed by atoms with Gasteiger partial charge in [-0.2, -0.15) is 0 Å². The van der Waals surface area contributed by atoms with Crippen molar-refractivity contribution in [3.8, 4) is 5.75 Å². The van der Waals surface area contributed by atoms with E-state index >= 15 is 0 Å². The molecule has 2 heterocycles. The molecule has 7 heteroatoms.